The third kappa shape index (κ3) is 7.05. The maximum Gasteiger partial charge on any atom is 0.120 e. The van der Waals surface area contributed by atoms with Crippen molar-refractivity contribution in [1.29, 1.82) is 0 Å². The van der Waals surface area contributed by atoms with Crippen LogP contribution in [0.5, 0.6) is 0 Å². The van der Waals surface area contributed by atoms with E-state index in [0.717, 1.165) is 50.2 Å². The Morgan fingerprint density at radius 1 is 0.647 bits per heavy atom. The van der Waals surface area contributed by atoms with Crippen LogP contribution in [0.25, 0.3) is 44.3 Å². The second-order valence-electron chi connectivity index (χ2n) is 13.6. The van der Waals surface area contributed by atoms with Crippen molar-refractivity contribution < 1.29 is 24.5 Å². The standard InChI is InChI=1S/C32H20NO.C14H16GeN.Ir/c1-2-10-21(11-3-1)22-12-8-13-23(20-22)30-26-15-4-6-18-28(26)33-31(30)27-17-9-16-25-24-14-5-7-19-29(24)34-32(25)27;1-15(2,3)13-9-10-14(16-11-13)12-7-5-4-6-8-12;/h1-16,18-20,30H;4-7,9-11H,1-3H3;/q2*-1;. The fourth-order valence-electron chi connectivity index (χ4n) is 6.67. The summed E-state index contributed by atoms with van der Waals surface area (Å²) in [5.41, 5.74) is 11.6. The summed E-state index contributed by atoms with van der Waals surface area (Å²) < 4.78 is 7.80. The molecular formula is C46H36GeIrN2O-2. The van der Waals surface area contributed by atoms with Crippen LogP contribution in [0.1, 0.15) is 22.6 Å². The van der Waals surface area contributed by atoms with E-state index in [9.17, 15) is 0 Å². The number of hydrogen-bond acceptors (Lipinski definition) is 3. The van der Waals surface area contributed by atoms with Crippen LogP contribution >= 0.6 is 0 Å². The topological polar surface area (TPSA) is 38.4 Å². The van der Waals surface area contributed by atoms with Crippen molar-refractivity contribution in [3.05, 3.63) is 187 Å². The van der Waals surface area contributed by atoms with Crippen LogP contribution in [-0.4, -0.2) is 24.0 Å². The number of aliphatic imine (C=N–C) groups is 1. The first-order valence-electron chi connectivity index (χ1n) is 17.0. The van der Waals surface area contributed by atoms with E-state index in [-0.39, 0.29) is 26.0 Å². The first-order valence-corrected chi connectivity index (χ1v) is 24.4. The van der Waals surface area contributed by atoms with Gasteiger partial charge in [0.1, 0.15) is 5.58 Å². The van der Waals surface area contributed by atoms with E-state index in [2.05, 4.69) is 138 Å². The number of aromatic nitrogens is 1. The Balaban J connectivity index is 0.000000202. The molecule has 9 rings (SSSR count). The Bertz CT molecular complexity index is 2460. The van der Waals surface area contributed by atoms with Crippen molar-refractivity contribution in [3.8, 4) is 22.4 Å². The Labute approximate surface area is 315 Å². The van der Waals surface area contributed by atoms with Gasteiger partial charge in [-0.05, 0) is 40.1 Å². The fraction of sp³-hybridized carbons (Fsp3) is 0.0870. The van der Waals surface area contributed by atoms with Gasteiger partial charge >= 0.3 is 99.8 Å². The monoisotopic (exact) mass is 899 g/mol. The summed E-state index contributed by atoms with van der Waals surface area (Å²) in [6.07, 6.45) is 2.04. The van der Waals surface area contributed by atoms with Crippen molar-refractivity contribution in [2.45, 2.75) is 23.2 Å². The van der Waals surface area contributed by atoms with E-state index in [0.29, 0.717) is 0 Å². The van der Waals surface area contributed by atoms with Crippen molar-refractivity contribution >= 4 is 51.0 Å². The number of furan rings is 1. The second kappa shape index (κ2) is 14.8. The average molecular weight is 898 g/mol. The van der Waals surface area contributed by atoms with Gasteiger partial charge < -0.3 is 4.42 Å². The molecule has 0 amide bonds. The zero-order valence-electron chi connectivity index (χ0n) is 28.7. The molecule has 1 radical (unpaired) electrons. The first-order chi connectivity index (χ1) is 24.4. The van der Waals surface area contributed by atoms with Crippen molar-refractivity contribution in [2.24, 2.45) is 4.99 Å². The van der Waals surface area contributed by atoms with E-state index < -0.39 is 13.3 Å². The maximum absolute atomic E-state index is 6.36. The third-order valence-corrected chi connectivity index (χ3v) is 13.6. The van der Waals surface area contributed by atoms with Crippen LogP contribution in [0.3, 0.4) is 0 Å². The van der Waals surface area contributed by atoms with Gasteiger partial charge in [-0.15, -0.1) is 18.2 Å². The molecule has 1 aliphatic heterocycles. The minimum absolute atomic E-state index is 0. The molecule has 3 heterocycles. The van der Waals surface area contributed by atoms with Crippen LogP contribution in [0.4, 0.5) is 5.69 Å². The van der Waals surface area contributed by atoms with Gasteiger partial charge in [-0.25, -0.2) is 0 Å². The van der Waals surface area contributed by atoms with Crippen LogP contribution in [-0.2, 0) is 20.1 Å². The Hall–Kier alpha value is -4.87. The number of benzene rings is 6. The van der Waals surface area contributed by atoms with Crippen molar-refractivity contribution in [2.75, 3.05) is 0 Å². The van der Waals surface area contributed by atoms with E-state index in [1.165, 1.54) is 26.6 Å². The molecule has 1 atom stereocenters. The maximum atomic E-state index is 6.36. The van der Waals surface area contributed by atoms with Gasteiger partial charge in [-0.3, -0.25) is 4.99 Å². The summed E-state index contributed by atoms with van der Waals surface area (Å²) in [4.78, 5) is 9.66. The molecule has 8 aromatic rings. The summed E-state index contributed by atoms with van der Waals surface area (Å²) in [5, 5.41) is 2.21. The minimum Gasteiger partial charge on any atom is -0.501 e. The normalized spacial score (nSPS) is 13.5. The summed E-state index contributed by atoms with van der Waals surface area (Å²) >= 11 is -1.72. The Morgan fingerprint density at radius 2 is 1.41 bits per heavy atom. The fourth-order valence-corrected chi connectivity index (χ4v) is 8.84. The summed E-state index contributed by atoms with van der Waals surface area (Å²) in [6, 6.07) is 59.0. The number of pyridine rings is 1. The SMILES string of the molecule is [CH3][Ge]([CH3])([CH3])[c]1ccc(-c2[c-]cccc2)nc1.[Ir].[c-]1ccc2c(oc3ccccc32)c1C1=Nc2ccccc2C1c1cccc(-c2ccccc2)c1. The van der Waals surface area contributed by atoms with E-state index in [1.54, 1.807) is 0 Å². The molecule has 1 unspecified atom stereocenters. The molecule has 0 saturated carbocycles. The summed E-state index contributed by atoms with van der Waals surface area (Å²) in [6.45, 7) is 0. The third-order valence-electron chi connectivity index (χ3n) is 9.30. The van der Waals surface area contributed by atoms with Gasteiger partial charge in [0.15, 0.2) is 0 Å². The van der Waals surface area contributed by atoms with Gasteiger partial charge in [0, 0.05) is 31.4 Å². The van der Waals surface area contributed by atoms with Crippen molar-refractivity contribution in [3.63, 3.8) is 0 Å². The molecular weight excluding hydrogens is 861 g/mol. The van der Waals surface area contributed by atoms with Crippen LogP contribution in [0, 0.1) is 12.1 Å². The van der Waals surface area contributed by atoms with Crippen LogP contribution < -0.4 is 4.40 Å². The predicted molar refractivity (Wildman–Crippen MR) is 210 cm³/mol. The Morgan fingerprint density at radius 3 is 2.20 bits per heavy atom. The zero-order valence-corrected chi connectivity index (χ0v) is 33.2. The molecule has 0 bridgehead atoms. The van der Waals surface area contributed by atoms with Gasteiger partial charge in [0.25, 0.3) is 0 Å². The Kier molecular flexibility index (Phi) is 10.0. The van der Waals surface area contributed by atoms with Gasteiger partial charge in [0.2, 0.25) is 0 Å². The average Bonchev–Trinajstić information content (AvgIpc) is 3.75. The van der Waals surface area contributed by atoms with E-state index >= 15 is 0 Å². The number of fused-ring (bicyclic) bond motifs is 4. The molecule has 0 saturated heterocycles. The van der Waals surface area contributed by atoms with E-state index in [1.807, 2.05) is 54.7 Å². The number of hydrogen-bond donors (Lipinski definition) is 0. The molecule has 0 fully saturated rings. The quantitative estimate of drug-likeness (QED) is 0.128. The molecule has 1 aliphatic rings. The largest absolute Gasteiger partial charge is 0.501 e. The number of para-hydroxylation sites is 2. The van der Waals surface area contributed by atoms with Crippen molar-refractivity contribution in [1.82, 2.24) is 4.98 Å². The molecule has 51 heavy (non-hydrogen) atoms. The smallest absolute Gasteiger partial charge is 0.120 e. The molecule has 2 aromatic heterocycles. The zero-order chi connectivity index (χ0) is 34.1. The molecule has 5 heteroatoms. The van der Waals surface area contributed by atoms with Crippen LogP contribution in [0.15, 0.2) is 167 Å². The van der Waals surface area contributed by atoms with E-state index in [4.69, 9.17) is 9.41 Å². The van der Waals surface area contributed by atoms with Gasteiger partial charge in [-0.1, -0.05) is 102 Å². The number of rotatable bonds is 5. The van der Waals surface area contributed by atoms with Gasteiger partial charge in [0.05, 0.1) is 11.3 Å². The molecule has 0 spiro atoms. The molecule has 251 valence electrons. The molecule has 0 N–H and O–H groups in total. The first kappa shape index (κ1) is 34.6. The molecule has 6 aromatic carbocycles. The van der Waals surface area contributed by atoms with Gasteiger partial charge in [-0.2, -0.15) is 0 Å². The number of nitrogens with zero attached hydrogens (tertiary/aromatic N) is 2. The summed E-state index contributed by atoms with van der Waals surface area (Å²) in [5.74, 6) is 7.15. The second-order valence-corrected chi connectivity index (χ2v) is 24.3. The predicted octanol–water partition coefficient (Wildman–Crippen LogP) is 11.4. The van der Waals surface area contributed by atoms with Crippen LogP contribution in [0.2, 0.25) is 17.3 Å². The molecule has 3 nitrogen and oxygen atoms in total. The minimum atomic E-state index is -1.72. The summed E-state index contributed by atoms with van der Waals surface area (Å²) in [7, 11) is 0. The molecule has 0 aliphatic carbocycles.